The fourth-order valence-corrected chi connectivity index (χ4v) is 3.73. The van der Waals surface area contributed by atoms with Crippen LogP contribution in [0.1, 0.15) is 10.5 Å². The standard InChI is InChI=1S/C14H9N3O5S/c18-9-10-8-12-13(17(19)20)6-7-15-14(12)16(10)23(21,22)11-4-2-1-3-5-11/h1-9H. The third-order valence-corrected chi connectivity index (χ3v) is 5.00. The molecule has 3 aromatic rings. The first-order valence-corrected chi connectivity index (χ1v) is 7.81. The third kappa shape index (κ3) is 2.27. The van der Waals surface area contributed by atoms with Crippen molar-refractivity contribution < 1.29 is 18.1 Å². The Morgan fingerprint density at radius 2 is 1.87 bits per heavy atom. The monoisotopic (exact) mass is 331 g/mol. The Kier molecular flexibility index (Phi) is 3.41. The molecule has 0 N–H and O–H groups in total. The van der Waals surface area contributed by atoms with Crippen molar-refractivity contribution in [1.82, 2.24) is 8.96 Å². The third-order valence-electron chi connectivity index (χ3n) is 3.26. The molecule has 0 saturated heterocycles. The van der Waals surface area contributed by atoms with E-state index in [9.17, 15) is 23.3 Å². The number of hydrogen-bond acceptors (Lipinski definition) is 6. The maximum Gasteiger partial charge on any atom is 0.281 e. The van der Waals surface area contributed by atoms with Gasteiger partial charge in [0.05, 0.1) is 20.9 Å². The van der Waals surface area contributed by atoms with Crippen LogP contribution < -0.4 is 0 Å². The van der Waals surface area contributed by atoms with E-state index in [1.807, 2.05) is 0 Å². The van der Waals surface area contributed by atoms with Crippen LogP contribution in [0.25, 0.3) is 11.0 Å². The van der Waals surface area contributed by atoms with Gasteiger partial charge in [0.25, 0.3) is 15.7 Å². The summed E-state index contributed by atoms with van der Waals surface area (Å²) in [6.45, 7) is 0. The Labute approximate surface area is 130 Å². The number of fused-ring (bicyclic) bond motifs is 1. The summed E-state index contributed by atoms with van der Waals surface area (Å²) in [4.78, 5) is 25.6. The lowest BCUT2D eigenvalue weighted by Gasteiger charge is -2.08. The summed E-state index contributed by atoms with van der Waals surface area (Å²) in [7, 11) is -4.11. The lowest BCUT2D eigenvalue weighted by molar-refractivity contribution is -0.383. The molecule has 9 heteroatoms. The van der Waals surface area contributed by atoms with Gasteiger partial charge in [0.15, 0.2) is 11.9 Å². The summed E-state index contributed by atoms with van der Waals surface area (Å²) >= 11 is 0. The van der Waals surface area contributed by atoms with E-state index in [1.54, 1.807) is 6.07 Å². The van der Waals surface area contributed by atoms with Crippen LogP contribution in [0.2, 0.25) is 0 Å². The number of pyridine rings is 1. The lowest BCUT2D eigenvalue weighted by Crippen LogP contribution is -2.15. The average molecular weight is 331 g/mol. The molecule has 0 aliphatic carbocycles. The zero-order valence-corrected chi connectivity index (χ0v) is 12.3. The summed E-state index contributed by atoms with van der Waals surface area (Å²) in [6, 6.07) is 9.76. The highest BCUT2D eigenvalue weighted by atomic mass is 32.2. The molecule has 8 nitrogen and oxygen atoms in total. The van der Waals surface area contributed by atoms with Gasteiger partial charge in [-0.25, -0.2) is 17.4 Å². The van der Waals surface area contributed by atoms with Crippen molar-refractivity contribution in [3.63, 3.8) is 0 Å². The average Bonchev–Trinajstić information content (AvgIpc) is 2.94. The first-order valence-electron chi connectivity index (χ1n) is 6.37. The molecule has 0 saturated carbocycles. The molecule has 0 spiro atoms. The first kappa shape index (κ1) is 14.9. The molecule has 1 aromatic carbocycles. The van der Waals surface area contributed by atoms with Crippen molar-refractivity contribution in [3.8, 4) is 0 Å². The largest absolute Gasteiger partial charge is 0.296 e. The van der Waals surface area contributed by atoms with Crippen LogP contribution in [0.3, 0.4) is 0 Å². The Balaban J connectivity index is 2.40. The lowest BCUT2D eigenvalue weighted by atomic mass is 10.3. The summed E-state index contributed by atoms with van der Waals surface area (Å²) in [5.74, 6) is 0. The molecule has 0 aliphatic heterocycles. The SMILES string of the molecule is O=Cc1cc2c([N+](=O)[O-])ccnc2n1S(=O)(=O)c1ccccc1. The number of carbonyl (C=O) groups is 1. The normalized spacial score (nSPS) is 11.5. The highest BCUT2D eigenvalue weighted by molar-refractivity contribution is 7.90. The van der Waals surface area contributed by atoms with Gasteiger partial charge in [0.1, 0.15) is 0 Å². The quantitative estimate of drug-likeness (QED) is 0.410. The van der Waals surface area contributed by atoms with Crippen LogP contribution in [0.4, 0.5) is 5.69 Å². The van der Waals surface area contributed by atoms with Gasteiger partial charge in [-0.1, -0.05) is 18.2 Å². The van der Waals surface area contributed by atoms with E-state index in [0.29, 0.717) is 6.29 Å². The van der Waals surface area contributed by atoms with Crippen molar-refractivity contribution in [2.75, 3.05) is 0 Å². The van der Waals surface area contributed by atoms with Gasteiger partial charge in [-0.15, -0.1) is 0 Å². The van der Waals surface area contributed by atoms with Crippen molar-refractivity contribution in [2.24, 2.45) is 0 Å². The first-order chi connectivity index (χ1) is 11.0. The highest BCUT2D eigenvalue weighted by Gasteiger charge is 2.26. The number of aromatic nitrogens is 2. The molecular formula is C14H9N3O5S. The molecule has 2 aromatic heterocycles. The van der Waals surface area contributed by atoms with Gasteiger partial charge < -0.3 is 0 Å². The molecule has 0 amide bonds. The number of rotatable bonds is 4. The maximum atomic E-state index is 12.8. The number of hydrogen-bond donors (Lipinski definition) is 0. The molecule has 23 heavy (non-hydrogen) atoms. The Bertz CT molecular complexity index is 1030. The fourth-order valence-electron chi connectivity index (χ4n) is 2.27. The number of nitrogens with zero attached hydrogens (tertiary/aromatic N) is 3. The molecule has 0 bridgehead atoms. The smallest absolute Gasteiger partial charge is 0.281 e. The number of carbonyl (C=O) groups excluding carboxylic acids is 1. The van der Waals surface area contributed by atoms with Gasteiger partial charge in [0.2, 0.25) is 0 Å². The van der Waals surface area contributed by atoms with Crippen LogP contribution in [0, 0.1) is 10.1 Å². The zero-order chi connectivity index (χ0) is 16.6. The minimum absolute atomic E-state index is 0.0147. The summed E-state index contributed by atoms with van der Waals surface area (Å²) in [5, 5.41) is 11.1. The van der Waals surface area contributed by atoms with E-state index in [-0.39, 0.29) is 27.3 Å². The summed E-state index contributed by atoms with van der Waals surface area (Å²) in [5.41, 5.74) is -0.712. The second kappa shape index (κ2) is 5.29. The van der Waals surface area contributed by atoms with Crippen LogP contribution in [-0.4, -0.2) is 28.6 Å². The Morgan fingerprint density at radius 3 is 2.48 bits per heavy atom. The fraction of sp³-hybridized carbons (Fsp3) is 0. The van der Waals surface area contributed by atoms with E-state index < -0.39 is 14.9 Å². The van der Waals surface area contributed by atoms with Gasteiger partial charge in [0, 0.05) is 12.3 Å². The van der Waals surface area contributed by atoms with Crippen LogP contribution in [0.5, 0.6) is 0 Å². The molecular weight excluding hydrogens is 322 g/mol. The number of nitro groups is 1. The van der Waals surface area contributed by atoms with Crippen molar-refractivity contribution >= 4 is 33.0 Å². The van der Waals surface area contributed by atoms with E-state index in [2.05, 4.69) is 4.98 Å². The molecule has 0 aliphatic rings. The van der Waals surface area contributed by atoms with E-state index in [0.717, 1.165) is 22.3 Å². The van der Waals surface area contributed by atoms with Crippen LogP contribution in [0.15, 0.2) is 53.6 Å². The topological polar surface area (TPSA) is 112 Å². The van der Waals surface area contributed by atoms with Gasteiger partial charge >= 0.3 is 0 Å². The molecule has 116 valence electrons. The van der Waals surface area contributed by atoms with Crippen molar-refractivity contribution in [1.29, 1.82) is 0 Å². The maximum absolute atomic E-state index is 12.8. The number of aldehydes is 1. The van der Waals surface area contributed by atoms with Gasteiger partial charge in [-0.3, -0.25) is 14.9 Å². The number of benzene rings is 1. The van der Waals surface area contributed by atoms with Crippen LogP contribution >= 0.6 is 0 Å². The molecule has 0 atom stereocenters. The zero-order valence-electron chi connectivity index (χ0n) is 11.5. The Hall–Kier alpha value is -3.07. The van der Waals surface area contributed by atoms with E-state index in [4.69, 9.17) is 0 Å². The predicted octanol–water partition coefficient (Wildman–Crippen LogP) is 1.99. The molecule has 0 fully saturated rings. The second-order valence-electron chi connectivity index (χ2n) is 4.59. The minimum Gasteiger partial charge on any atom is -0.296 e. The highest BCUT2D eigenvalue weighted by Crippen LogP contribution is 2.29. The van der Waals surface area contributed by atoms with E-state index >= 15 is 0 Å². The summed E-state index contributed by atoms with van der Waals surface area (Å²) in [6.07, 6.45) is 1.46. The second-order valence-corrected chi connectivity index (χ2v) is 6.38. The molecule has 3 rings (SSSR count). The molecule has 0 radical (unpaired) electrons. The van der Waals surface area contributed by atoms with Crippen molar-refractivity contribution in [2.45, 2.75) is 4.90 Å². The van der Waals surface area contributed by atoms with Crippen LogP contribution in [-0.2, 0) is 10.0 Å². The predicted molar refractivity (Wildman–Crippen MR) is 80.8 cm³/mol. The summed E-state index contributed by atoms with van der Waals surface area (Å²) < 4.78 is 26.2. The van der Waals surface area contributed by atoms with Crippen molar-refractivity contribution in [3.05, 3.63) is 64.5 Å². The Morgan fingerprint density at radius 1 is 1.17 bits per heavy atom. The van der Waals surface area contributed by atoms with Gasteiger partial charge in [-0.2, -0.15) is 0 Å². The van der Waals surface area contributed by atoms with Gasteiger partial charge in [-0.05, 0) is 18.2 Å². The minimum atomic E-state index is -4.11. The molecule has 2 heterocycles. The van der Waals surface area contributed by atoms with E-state index in [1.165, 1.54) is 24.3 Å². The molecule has 0 unspecified atom stereocenters.